The Hall–Kier alpha value is -2.44. The van der Waals surface area contributed by atoms with E-state index in [2.05, 4.69) is 0 Å². The van der Waals surface area contributed by atoms with Crippen LogP contribution in [0.25, 0.3) is 0 Å². The SMILES string of the molecule is COc1cc(CC(C)N)c(OC)c(C)c1C.COc1cc(CCN)c(OC)c(C)c1C. The van der Waals surface area contributed by atoms with Gasteiger partial charge in [-0.25, -0.2) is 0 Å². The fourth-order valence-corrected chi connectivity index (χ4v) is 3.69. The molecule has 2 aromatic rings. The molecule has 0 saturated heterocycles. The largest absolute Gasteiger partial charge is 0.496 e. The summed E-state index contributed by atoms with van der Waals surface area (Å²) >= 11 is 0. The predicted molar refractivity (Wildman–Crippen MR) is 128 cm³/mol. The van der Waals surface area contributed by atoms with Crippen molar-refractivity contribution in [2.75, 3.05) is 35.0 Å². The van der Waals surface area contributed by atoms with Gasteiger partial charge in [0, 0.05) is 6.04 Å². The molecule has 1 atom stereocenters. The summed E-state index contributed by atoms with van der Waals surface area (Å²) < 4.78 is 21.5. The Kier molecular flexibility index (Phi) is 10.7. The predicted octanol–water partition coefficient (Wildman–Crippen LogP) is 4.03. The Bertz CT molecular complexity index is 864. The molecule has 0 amide bonds. The Morgan fingerprint density at radius 3 is 1.48 bits per heavy atom. The maximum absolute atomic E-state index is 5.83. The maximum Gasteiger partial charge on any atom is 0.125 e. The normalized spacial score (nSPS) is 11.3. The summed E-state index contributed by atoms with van der Waals surface area (Å²) in [6.45, 7) is 10.7. The number of benzene rings is 2. The topological polar surface area (TPSA) is 89.0 Å². The molecule has 2 rings (SSSR count). The molecule has 31 heavy (non-hydrogen) atoms. The molecule has 0 fully saturated rings. The lowest BCUT2D eigenvalue weighted by molar-refractivity contribution is 0.392. The summed E-state index contributed by atoms with van der Waals surface area (Å²) in [5, 5.41) is 0. The second-order valence-electron chi connectivity index (χ2n) is 7.76. The van der Waals surface area contributed by atoms with Gasteiger partial charge < -0.3 is 30.4 Å². The molecule has 0 aliphatic rings. The van der Waals surface area contributed by atoms with Crippen LogP contribution < -0.4 is 30.4 Å². The van der Waals surface area contributed by atoms with Crippen molar-refractivity contribution in [3.05, 3.63) is 45.5 Å². The minimum absolute atomic E-state index is 0.112. The maximum atomic E-state index is 5.83. The minimum atomic E-state index is 0.112. The van der Waals surface area contributed by atoms with Crippen LogP contribution in [0.15, 0.2) is 12.1 Å². The van der Waals surface area contributed by atoms with Crippen LogP contribution in [-0.2, 0) is 12.8 Å². The van der Waals surface area contributed by atoms with E-state index in [1.807, 2.05) is 46.8 Å². The van der Waals surface area contributed by atoms with Gasteiger partial charge in [0.2, 0.25) is 0 Å². The molecule has 6 heteroatoms. The average Bonchev–Trinajstić information content (AvgIpc) is 2.73. The number of rotatable bonds is 8. The first-order valence-corrected chi connectivity index (χ1v) is 10.5. The summed E-state index contributed by atoms with van der Waals surface area (Å²) in [6, 6.07) is 4.14. The van der Waals surface area contributed by atoms with Crippen molar-refractivity contribution >= 4 is 0 Å². The zero-order chi connectivity index (χ0) is 23.7. The average molecular weight is 433 g/mol. The number of methoxy groups -OCH3 is 4. The van der Waals surface area contributed by atoms with Gasteiger partial charge in [0.1, 0.15) is 23.0 Å². The van der Waals surface area contributed by atoms with Gasteiger partial charge in [0.05, 0.1) is 28.4 Å². The highest BCUT2D eigenvalue weighted by Gasteiger charge is 2.15. The van der Waals surface area contributed by atoms with Crippen LogP contribution in [0, 0.1) is 27.7 Å². The first-order valence-electron chi connectivity index (χ1n) is 10.5. The Morgan fingerprint density at radius 2 is 1.13 bits per heavy atom. The van der Waals surface area contributed by atoms with Crippen molar-refractivity contribution in [1.82, 2.24) is 0 Å². The first kappa shape index (κ1) is 26.6. The van der Waals surface area contributed by atoms with E-state index >= 15 is 0 Å². The lowest BCUT2D eigenvalue weighted by atomic mass is 9.99. The molecule has 1 unspecified atom stereocenters. The number of hydrogen-bond acceptors (Lipinski definition) is 6. The van der Waals surface area contributed by atoms with Gasteiger partial charge >= 0.3 is 0 Å². The fraction of sp³-hybridized carbons (Fsp3) is 0.520. The molecule has 2 aromatic carbocycles. The van der Waals surface area contributed by atoms with Gasteiger partial charge in [-0.15, -0.1) is 0 Å². The van der Waals surface area contributed by atoms with E-state index in [9.17, 15) is 0 Å². The second-order valence-corrected chi connectivity index (χ2v) is 7.76. The fourth-order valence-electron chi connectivity index (χ4n) is 3.69. The van der Waals surface area contributed by atoms with Crippen LogP contribution in [0.5, 0.6) is 23.0 Å². The quantitative estimate of drug-likeness (QED) is 0.655. The van der Waals surface area contributed by atoms with Crippen LogP contribution in [-0.4, -0.2) is 41.0 Å². The van der Waals surface area contributed by atoms with Crippen molar-refractivity contribution < 1.29 is 18.9 Å². The van der Waals surface area contributed by atoms with Crippen molar-refractivity contribution in [3.8, 4) is 23.0 Å². The Balaban J connectivity index is 0.000000311. The third-order valence-corrected chi connectivity index (χ3v) is 5.54. The minimum Gasteiger partial charge on any atom is -0.496 e. The smallest absolute Gasteiger partial charge is 0.125 e. The molecular formula is C25H40N2O4. The molecule has 174 valence electrons. The highest BCUT2D eigenvalue weighted by molar-refractivity contribution is 5.53. The third kappa shape index (κ3) is 6.52. The monoisotopic (exact) mass is 432 g/mol. The summed E-state index contributed by atoms with van der Waals surface area (Å²) in [7, 11) is 6.75. The number of hydrogen-bond donors (Lipinski definition) is 2. The summed E-state index contributed by atoms with van der Waals surface area (Å²) in [4.78, 5) is 0. The second kappa shape index (κ2) is 12.4. The van der Waals surface area contributed by atoms with Crippen molar-refractivity contribution in [3.63, 3.8) is 0 Å². The molecule has 0 aliphatic carbocycles. The van der Waals surface area contributed by atoms with Crippen molar-refractivity contribution in [2.45, 2.75) is 53.5 Å². The van der Waals surface area contributed by atoms with Crippen molar-refractivity contribution in [2.24, 2.45) is 11.5 Å². The molecule has 0 saturated carbocycles. The standard InChI is InChI=1S/C13H21NO2.C12H19NO2/c1-8(14)6-11-7-12(15-4)9(2)10(3)13(11)16-5;1-8-9(2)12(15-4)10(5-6-13)7-11(8)14-3/h7-8H,6,14H2,1-5H3;7H,5-6,13H2,1-4H3. The summed E-state index contributed by atoms with van der Waals surface area (Å²) in [5.41, 5.74) is 18.1. The first-order chi connectivity index (χ1) is 14.7. The molecule has 0 spiro atoms. The molecule has 0 radical (unpaired) electrons. The molecule has 0 aliphatic heterocycles. The Labute approximate surface area is 187 Å². The van der Waals surface area contributed by atoms with Crippen LogP contribution in [0.3, 0.4) is 0 Å². The molecule has 6 nitrogen and oxygen atoms in total. The van der Waals surface area contributed by atoms with E-state index in [0.717, 1.165) is 69.2 Å². The van der Waals surface area contributed by atoms with E-state index < -0.39 is 0 Å². The van der Waals surface area contributed by atoms with E-state index in [4.69, 9.17) is 30.4 Å². The zero-order valence-corrected chi connectivity index (χ0v) is 20.6. The summed E-state index contributed by atoms with van der Waals surface area (Å²) in [5.74, 6) is 3.65. The van der Waals surface area contributed by atoms with Crippen LogP contribution >= 0.6 is 0 Å². The molecule has 0 aromatic heterocycles. The molecular weight excluding hydrogens is 392 g/mol. The van der Waals surface area contributed by atoms with E-state index in [1.165, 1.54) is 0 Å². The van der Waals surface area contributed by atoms with Gasteiger partial charge in [0.15, 0.2) is 0 Å². The van der Waals surface area contributed by atoms with E-state index in [1.54, 1.807) is 28.4 Å². The van der Waals surface area contributed by atoms with Gasteiger partial charge in [-0.2, -0.15) is 0 Å². The zero-order valence-electron chi connectivity index (χ0n) is 20.6. The molecule has 0 heterocycles. The molecule has 4 N–H and O–H groups in total. The van der Waals surface area contributed by atoms with Gasteiger partial charge in [-0.1, -0.05) is 0 Å². The highest BCUT2D eigenvalue weighted by atomic mass is 16.5. The van der Waals surface area contributed by atoms with Crippen LogP contribution in [0.1, 0.15) is 40.3 Å². The third-order valence-electron chi connectivity index (χ3n) is 5.54. The molecule has 0 bridgehead atoms. The van der Waals surface area contributed by atoms with E-state index in [-0.39, 0.29) is 6.04 Å². The van der Waals surface area contributed by atoms with Gasteiger partial charge in [-0.05, 0) is 99.5 Å². The lowest BCUT2D eigenvalue weighted by Gasteiger charge is -2.17. The van der Waals surface area contributed by atoms with E-state index in [0.29, 0.717) is 6.54 Å². The Morgan fingerprint density at radius 1 is 0.710 bits per heavy atom. The van der Waals surface area contributed by atoms with Crippen LogP contribution in [0.4, 0.5) is 0 Å². The highest BCUT2D eigenvalue weighted by Crippen LogP contribution is 2.34. The lowest BCUT2D eigenvalue weighted by Crippen LogP contribution is -2.18. The van der Waals surface area contributed by atoms with Crippen molar-refractivity contribution in [1.29, 1.82) is 0 Å². The van der Waals surface area contributed by atoms with Gasteiger partial charge in [0.25, 0.3) is 0 Å². The summed E-state index contributed by atoms with van der Waals surface area (Å²) in [6.07, 6.45) is 1.60. The number of nitrogens with two attached hydrogens (primary N) is 2. The number of ether oxygens (including phenoxy) is 4. The van der Waals surface area contributed by atoms with Crippen LogP contribution in [0.2, 0.25) is 0 Å². The van der Waals surface area contributed by atoms with Gasteiger partial charge in [-0.3, -0.25) is 0 Å².